The molecule has 1 aliphatic rings. The predicted octanol–water partition coefficient (Wildman–Crippen LogP) is 2.29. The van der Waals surface area contributed by atoms with Gasteiger partial charge in [-0.15, -0.1) is 0 Å². The Labute approximate surface area is 127 Å². The minimum absolute atomic E-state index is 0.239. The summed E-state index contributed by atoms with van der Waals surface area (Å²) < 4.78 is 0. The fourth-order valence-electron chi connectivity index (χ4n) is 2.68. The van der Waals surface area contributed by atoms with Crippen LogP contribution in [0.3, 0.4) is 0 Å². The van der Waals surface area contributed by atoms with E-state index in [4.69, 9.17) is 5.73 Å². The first-order valence-corrected chi connectivity index (χ1v) is 7.93. The molecule has 0 bridgehead atoms. The second-order valence-corrected chi connectivity index (χ2v) is 6.13. The first-order valence-electron chi connectivity index (χ1n) is 7.93. The van der Waals surface area contributed by atoms with Gasteiger partial charge in [0.05, 0.1) is 5.54 Å². The van der Waals surface area contributed by atoms with Crippen LogP contribution < -0.4 is 16.0 Å². The van der Waals surface area contributed by atoms with Crippen molar-refractivity contribution in [2.45, 2.75) is 51.1 Å². The molecule has 0 heterocycles. The van der Waals surface area contributed by atoms with Crippen LogP contribution in [-0.4, -0.2) is 30.6 Å². The number of primary amides is 1. The van der Waals surface area contributed by atoms with Crippen molar-refractivity contribution < 1.29 is 4.79 Å². The van der Waals surface area contributed by atoms with E-state index in [-0.39, 0.29) is 5.91 Å². The molecule has 1 saturated carbocycles. The highest BCUT2D eigenvalue weighted by Gasteiger charge is 2.36. The van der Waals surface area contributed by atoms with E-state index in [9.17, 15) is 4.79 Å². The summed E-state index contributed by atoms with van der Waals surface area (Å²) in [5, 5.41) is 3.41. The molecule has 4 heteroatoms. The average molecular weight is 289 g/mol. The smallest absolute Gasteiger partial charge is 0.237 e. The Bertz CT molecular complexity index is 458. The quantitative estimate of drug-likeness (QED) is 0.733. The van der Waals surface area contributed by atoms with Crippen LogP contribution in [-0.2, 0) is 4.79 Å². The molecule has 4 nitrogen and oxygen atoms in total. The molecule has 1 aliphatic carbocycles. The second kappa shape index (κ2) is 6.94. The molecular formula is C17H27N3O. The number of amides is 1. The summed E-state index contributed by atoms with van der Waals surface area (Å²) in [4.78, 5) is 14.1. The van der Waals surface area contributed by atoms with E-state index in [0.717, 1.165) is 38.8 Å². The highest BCUT2D eigenvalue weighted by Crippen LogP contribution is 2.25. The molecule has 0 spiro atoms. The van der Waals surface area contributed by atoms with Gasteiger partial charge in [0, 0.05) is 24.8 Å². The van der Waals surface area contributed by atoms with Crippen molar-refractivity contribution in [3.63, 3.8) is 0 Å². The maximum atomic E-state index is 11.7. The van der Waals surface area contributed by atoms with Crippen molar-refractivity contribution in [1.82, 2.24) is 5.32 Å². The van der Waals surface area contributed by atoms with Gasteiger partial charge in [0.1, 0.15) is 0 Å². The van der Waals surface area contributed by atoms with Crippen LogP contribution in [0, 0.1) is 0 Å². The Kier molecular flexibility index (Phi) is 5.23. The molecule has 1 aromatic rings. The molecule has 0 aromatic heterocycles. The summed E-state index contributed by atoms with van der Waals surface area (Å²) in [6, 6.07) is 10.9. The van der Waals surface area contributed by atoms with Crippen molar-refractivity contribution in [2.75, 3.05) is 18.0 Å². The Morgan fingerprint density at radius 3 is 2.57 bits per heavy atom. The number of rotatable bonds is 9. The molecule has 21 heavy (non-hydrogen) atoms. The number of carbonyl (C=O) groups excluding carboxylic acids is 1. The molecule has 116 valence electrons. The lowest BCUT2D eigenvalue weighted by Gasteiger charge is -2.30. The van der Waals surface area contributed by atoms with E-state index >= 15 is 0 Å². The van der Waals surface area contributed by atoms with Gasteiger partial charge < -0.3 is 16.0 Å². The summed E-state index contributed by atoms with van der Waals surface area (Å²) in [7, 11) is 0. The molecule has 1 aromatic carbocycles. The predicted molar refractivity (Wildman–Crippen MR) is 87.3 cm³/mol. The molecule has 2 rings (SSSR count). The van der Waals surface area contributed by atoms with E-state index in [1.807, 2.05) is 13.0 Å². The van der Waals surface area contributed by atoms with Gasteiger partial charge in [-0.3, -0.25) is 4.79 Å². The van der Waals surface area contributed by atoms with Gasteiger partial charge in [0.2, 0.25) is 5.91 Å². The molecule has 0 aliphatic heterocycles. The molecular weight excluding hydrogens is 262 g/mol. The van der Waals surface area contributed by atoms with Crippen LogP contribution in [0.25, 0.3) is 0 Å². The number of nitrogens with zero attached hydrogens (tertiary/aromatic N) is 1. The van der Waals surface area contributed by atoms with Gasteiger partial charge in [-0.05, 0) is 51.7 Å². The highest BCUT2D eigenvalue weighted by molar-refractivity contribution is 5.84. The number of benzene rings is 1. The van der Waals surface area contributed by atoms with Gasteiger partial charge in [0.15, 0.2) is 0 Å². The SMILES string of the molecule is CCN(CCCC(C)(NC1CC1)C(N)=O)c1ccccc1. The van der Waals surface area contributed by atoms with Crippen LogP contribution in [0.4, 0.5) is 5.69 Å². The summed E-state index contributed by atoms with van der Waals surface area (Å²) in [6.45, 7) is 6.00. The Hall–Kier alpha value is -1.55. The average Bonchev–Trinajstić information content (AvgIpc) is 3.28. The normalized spacial score (nSPS) is 17.2. The lowest BCUT2D eigenvalue weighted by molar-refractivity contribution is -0.124. The second-order valence-electron chi connectivity index (χ2n) is 6.13. The van der Waals surface area contributed by atoms with E-state index in [0.29, 0.717) is 6.04 Å². The molecule has 3 N–H and O–H groups in total. The van der Waals surface area contributed by atoms with E-state index < -0.39 is 5.54 Å². The number of hydrogen-bond donors (Lipinski definition) is 2. The monoisotopic (exact) mass is 289 g/mol. The zero-order valence-electron chi connectivity index (χ0n) is 13.1. The summed E-state index contributed by atoms with van der Waals surface area (Å²) in [6.07, 6.45) is 4.05. The lowest BCUT2D eigenvalue weighted by atomic mass is 9.94. The van der Waals surface area contributed by atoms with Gasteiger partial charge in [-0.1, -0.05) is 18.2 Å². The largest absolute Gasteiger partial charge is 0.372 e. The van der Waals surface area contributed by atoms with Gasteiger partial charge >= 0.3 is 0 Å². The molecule has 0 saturated heterocycles. The van der Waals surface area contributed by atoms with Crippen molar-refractivity contribution in [3.05, 3.63) is 30.3 Å². The third-order valence-electron chi connectivity index (χ3n) is 4.25. The van der Waals surface area contributed by atoms with Crippen LogP contribution in [0.5, 0.6) is 0 Å². The summed E-state index contributed by atoms with van der Waals surface area (Å²) in [5.41, 5.74) is 6.25. The number of nitrogens with one attached hydrogen (secondary N) is 1. The van der Waals surface area contributed by atoms with Crippen LogP contribution in [0.1, 0.15) is 39.5 Å². The number of anilines is 1. The van der Waals surface area contributed by atoms with Crippen LogP contribution in [0.15, 0.2) is 30.3 Å². The molecule has 1 fully saturated rings. The van der Waals surface area contributed by atoms with Crippen molar-refractivity contribution >= 4 is 11.6 Å². The van der Waals surface area contributed by atoms with Gasteiger partial charge in [-0.2, -0.15) is 0 Å². The fraction of sp³-hybridized carbons (Fsp3) is 0.588. The molecule has 1 atom stereocenters. The Balaban J connectivity index is 1.87. The number of nitrogens with two attached hydrogens (primary N) is 1. The number of para-hydroxylation sites is 1. The van der Waals surface area contributed by atoms with Gasteiger partial charge in [0.25, 0.3) is 0 Å². The van der Waals surface area contributed by atoms with Crippen molar-refractivity contribution in [3.8, 4) is 0 Å². The summed E-state index contributed by atoms with van der Waals surface area (Å²) >= 11 is 0. The third-order valence-corrected chi connectivity index (χ3v) is 4.25. The maximum Gasteiger partial charge on any atom is 0.237 e. The first-order chi connectivity index (χ1) is 10.0. The highest BCUT2D eigenvalue weighted by atomic mass is 16.1. The first kappa shape index (κ1) is 15.8. The third kappa shape index (κ3) is 4.46. The Morgan fingerprint density at radius 1 is 1.38 bits per heavy atom. The molecule has 1 unspecified atom stereocenters. The van der Waals surface area contributed by atoms with Crippen molar-refractivity contribution in [2.24, 2.45) is 5.73 Å². The standard InChI is InChI=1S/C17H27N3O/c1-3-20(15-8-5-4-6-9-15)13-7-12-17(2,16(18)21)19-14-10-11-14/h4-6,8-9,14,19H,3,7,10-13H2,1-2H3,(H2,18,21). The van der Waals surface area contributed by atoms with Gasteiger partial charge in [-0.25, -0.2) is 0 Å². The van der Waals surface area contributed by atoms with Crippen molar-refractivity contribution in [1.29, 1.82) is 0 Å². The lowest BCUT2D eigenvalue weighted by Crippen LogP contribution is -2.54. The molecule has 1 amide bonds. The van der Waals surface area contributed by atoms with Crippen LogP contribution in [0.2, 0.25) is 0 Å². The maximum absolute atomic E-state index is 11.7. The number of hydrogen-bond acceptors (Lipinski definition) is 3. The number of carbonyl (C=O) groups is 1. The van der Waals surface area contributed by atoms with E-state index in [1.54, 1.807) is 0 Å². The Morgan fingerprint density at radius 2 is 2.05 bits per heavy atom. The zero-order valence-corrected chi connectivity index (χ0v) is 13.1. The van der Waals surface area contributed by atoms with Crippen LogP contribution >= 0.6 is 0 Å². The molecule has 0 radical (unpaired) electrons. The van der Waals surface area contributed by atoms with E-state index in [1.165, 1.54) is 5.69 Å². The zero-order chi connectivity index (χ0) is 15.3. The minimum atomic E-state index is -0.572. The minimum Gasteiger partial charge on any atom is -0.372 e. The summed E-state index contributed by atoms with van der Waals surface area (Å²) in [5.74, 6) is -0.239. The van der Waals surface area contributed by atoms with E-state index in [2.05, 4.69) is 41.4 Å². The fourth-order valence-corrected chi connectivity index (χ4v) is 2.68. The topological polar surface area (TPSA) is 58.4 Å².